The van der Waals surface area contributed by atoms with E-state index < -0.39 is 0 Å². The Morgan fingerprint density at radius 2 is 1.95 bits per heavy atom. The molecule has 0 aliphatic rings. The lowest BCUT2D eigenvalue weighted by atomic mass is 10.1. The average molecular weight is 270 g/mol. The number of methoxy groups -OCH3 is 1. The highest BCUT2D eigenvalue weighted by molar-refractivity contribution is 5.77. The number of aryl methyl sites for hydroxylation is 1. The van der Waals surface area contributed by atoms with E-state index in [2.05, 4.69) is 5.32 Å². The van der Waals surface area contributed by atoms with Gasteiger partial charge in [-0.25, -0.2) is 0 Å². The molecule has 0 saturated carbocycles. The molecule has 5 heteroatoms. The quantitative estimate of drug-likeness (QED) is 0.768. The van der Waals surface area contributed by atoms with Crippen molar-refractivity contribution in [1.82, 2.24) is 5.32 Å². The monoisotopic (exact) mass is 270 g/mol. The van der Waals surface area contributed by atoms with Crippen molar-refractivity contribution in [2.75, 3.05) is 20.8 Å². The lowest BCUT2D eigenvalue weighted by Crippen LogP contribution is -2.29. The van der Waals surface area contributed by atoms with Crippen LogP contribution in [0.3, 0.4) is 0 Å². The van der Waals surface area contributed by atoms with Gasteiger partial charge in [-0.3, -0.25) is 4.79 Å². The van der Waals surface area contributed by atoms with E-state index in [9.17, 15) is 4.79 Å². The largest absolute Gasteiger partial charge is 0.497 e. The third-order valence-corrected chi connectivity index (χ3v) is 2.22. The summed E-state index contributed by atoms with van der Waals surface area (Å²) in [4.78, 5) is 11.0. The highest BCUT2D eigenvalue weighted by Crippen LogP contribution is 2.16. The van der Waals surface area contributed by atoms with E-state index >= 15 is 0 Å². The number of ether oxygens (including phenoxy) is 1. The van der Waals surface area contributed by atoms with Crippen LogP contribution in [-0.4, -0.2) is 31.8 Å². The van der Waals surface area contributed by atoms with Gasteiger partial charge in [-0.2, -0.15) is 0 Å². The maximum atomic E-state index is 11.0. The molecule has 5 nitrogen and oxygen atoms in total. The fourth-order valence-electron chi connectivity index (χ4n) is 1.23. The number of rotatable bonds is 4. The van der Waals surface area contributed by atoms with E-state index in [1.165, 1.54) is 0 Å². The minimum atomic E-state index is -0.155. The SMILES string of the molecule is CC.CO.COc1ccc(C)c(CNC(=O)CN)c1. The normalized spacial score (nSPS) is 8.37. The molecule has 0 fully saturated rings. The Labute approximate surface area is 115 Å². The second kappa shape index (κ2) is 12.9. The van der Waals surface area contributed by atoms with Crippen molar-refractivity contribution in [2.24, 2.45) is 5.73 Å². The minimum absolute atomic E-state index is 0.0169. The fourth-order valence-corrected chi connectivity index (χ4v) is 1.23. The van der Waals surface area contributed by atoms with E-state index in [0.29, 0.717) is 6.54 Å². The summed E-state index contributed by atoms with van der Waals surface area (Å²) in [7, 11) is 2.62. The van der Waals surface area contributed by atoms with Gasteiger partial charge in [-0.05, 0) is 30.2 Å². The zero-order chi connectivity index (χ0) is 15.3. The molecular weight excluding hydrogens is 244 g/mol. The van der Waals surface area contributed by atoms with Crippen LogP contribution in [0.5, 0.6) is 5.75 Å². The topological polar surface area (TPSA) is 84.6 Å². The van der Waals surface area contributed by atoms with Crippen LogP contribution in [0.2, 0.25) is 0 Å². The van der Waals surface area contributed by atoms with Crippen LogP contribution in [0, 0.1) is 6.92 Å². The smallest absolute Gasteiger partial charge is 0.234 e. The number of aliphatic hydroxyl groups excluding tert-OH is 1. The van der Waals surface area contributed by atoms with E-state index in [1.807, 2.05) is 39.0 Å². The molecule has 19 heavy (non-hydrogen) atoms. The van der Waals surface area contributed by atoms with Crippen molar-refractivity contribution < 1.29 is 14.6 Å². The van der Waals surface area contributed by atoms with E-state index in [4.69, 9.17) is 15.6 Å². The number of nitrogens with two attached hydrogens (primary N) is 1. The molecule has 0 atom stereocenters. The van der Waals surface area contributed by atoms with Crippen LogP contribution in [-0.2, 0) is 11.3 Å². The van der Waals surface area contributed by atoms with Crippen LogP contribution in [0.4, 0.5) is 0 Å². The second-order valence-electron chi connectivity index (χ2n) is 3.27. The summed E-state index contributed by atoms with van der Waals surface area (Å²) in [6, 6.07) is 5.76. The van der Waals surface area contributed by atoms with Crippen LogP contribution in [0.15, 0.2) is 18.2 Å². The van der Waals surface area contributed by atoms with Crippen molar-refractivity contribution in [2.45, 2.75) is 27.3 Å². The van der Waals surface area contributed by atoms with Crippen molar-refractivity contribution >= 4 is 5.91 Å². The summed E-state index contributed by atoms with van der Waals surface area (Å²) in [5, 5.41) is 9.72. The van der Waals surface area contributed by atoms with Gasteiger partial charge in [-0.1, -0.05) is 19.9 Å². The Bertz CT molecular complexity index is 355. The Balaban J connectivity index is 0. The molecule has 0 unspecified atom stereocenters. The van der Waals surface area contributed by atoms with Crippen LogP contribution < -0.4 is 15.8 Å². The summed E-state index contributed by atoms with van der Waals surface area (Å²) < 4.78 is 5.11. The highest BCUT2D eigenvalue weighted by Gasteiger charge is 2.02. The van der Waals surface area contributed by atoms with Gasteiger partial charge in [0.15, 0.2) is 0 Å². The number of carbonyl (C=O) groups excluding carboxylic acids is 1. The number of benzene rings is 1. The highest BCUT2D eigenvalue weighted by atomic mass is 16.5. The fraction of sp³-hybridized carbons (Fsp3) is 0.500. The van der Waals surface area contributed by atoms with Crippen LogP contribution in [0.25, 0.3) is 0 Å². The molecule has 1 amide bonds. The third kappa shape index (κ3) is 8.18. The van der Waals surface area contributed by atoms with Crippen molar-refractivity contribution in [3.63, 3.8) is 0 Å². The van der Waals surface area contributed by atoms with Gasteiger partial charge in [0.2, 0.25) is 5.91 Å². The molecule has 0 radical (unpaired) electrons. The first-order valence-corrected chi connectivity index (χ1v) is 6.22. The number of carbonyl (C=O) groups is 1. The predicted molar refractivity (Wildman–Crippen MR) is 78.1 cm³/mol. The van der Waals surface area contributed by atoms with Gasteiger partial charge in [0.05, 0.1) is 13.7 Å². The molecular formula is C14H26N2O3. The zero-order valence-corrected chi connectivity index (χ0v) is 12.5. The lowest BCUT2D eigenvalue weighted by molar-refractivity contribution is -0.119. The number of amides is 1. The van der Waals surface area contributed by atoms with E-state index in [0.717, 1.165) is 24.0 Å². The first-order valence-electron chi connectivity index (χ1n) is 6.22. The molecule has 110 valence electrons. The molecule has 0 bridgehead atoms. The van der Waals surface area contributed by atoms with Gasteiger partial charge >= 0.3 is 0 Å². The Hall–Kier alpha value is -1.59. The number of nitrogens with one attached hydrogen (secondary N) is 1. The van der Waals surface area contributed by atoms with Gasteiger partial charge < -0.3 is 20.9 Å². The zero-order valence-electron chi connectivity index (χ0n) is 12.5. The first-order chi connectivity index (χ1) is 9.17. The maximum absolute atomic E-state index is 11.0. The molecule has 1 rings (SSSR count). The van der Waals surface area contributed by atoms with Crippen molar-refractivity contribution in [1.29, 1.82) is 0 Å². The molecule has 0 saturated heterocycles. The van der Waals surface area contributed by atoms with E-state index in [1.54, 1.807) is 7.11 Å². The Morgan fingerprint density at radius 3 is 2.42 bits per heavy atom. The molecule has 0 aliphatic heterocycles. The van der Waals surface area contributed by atoms with Gasteiger partial charge in [-0.15, -0.1) is 0 Å². The molecule has 0 aliphatic carbocycles. The van der Waals surface area contributed by atoms with E-state index in [-0.39, 0.29) is 12.5 Å². The number of hydrogen-bond donors (Lipinski definition) is 3. The van der Waals surface area contributed by atoms with Crippen molar-refractivity contribution in [3.8, 4) is 5.75 Å². The van der Waals surface area contributed by atoms with Crippen LogP contribution in [0.1, 0.15) is 25.0 Å². The summed E-state index contributed by atoms with van der Waals surface area (Å²) in [6.45, 7) is 6.49. The molecule has 0 spiro atoms. The Morgan fingerprint density at radius 1 is 1.37 bits per heavy atom. The molecule has 4 N–H and O–H groups in total. The van der Waals surface area contributed by atoms with Gasteiger partial charge in [0.25, 0.3) is 0 Å². The maximum Gasteiger partial charge on any atom is 0.234 e. The number of aliphatic hydroxyl groups is 1. The second-order valence-corrected chi connectivity index (χ2v) is 3.27. The third-order valence-electron chi connectivity index (χ3n) is 2.22. The Kier molecular flexibility index (Phi) is 13.4. The predicted octanol–water partition coefficient (Wildman–Crippen LogP) is 1.21. The van der Waals surface area contributed by atoms with Crippen molar-refractivity contribution in [3.05, 3.63) is 29.3 Å². The molecule has 0 heterocycles. The summed E-state index contributed by atoms with van der Waals surface area (Å²) in [5.74, 6) is 0.634. The van der Waals surface area contributed by atoms with Gasteiger partial charge in [0.1, 0.15) is 5.75 Å². The summed E-state index contributed by atoms with van der Waals surface area (Å²) in [6.07, 6.45) is 0. The summed E-state index contributed by atoms with van der Waals surface area (Å²) in [5.41, 5.74) is 7.35. The lowest BCUT2D eigenvalue weighted by Gasteiger charge is -2.09. The molecule has 1 aromatic rings. The number of hydrogen-bond acceptors (Lipinski definition) is 4. The summed E-state index contributed by atoms with van der Waals surface area (Å²) >= 11 is 0. The first kappa shape index (κ1) is 19.7. The standard InChI is InChI=1S/C11H16N2O2.C2H6.CH4O/c1-8-3-4-10(15-2)5-9(8)7-13-11(14)6-12;2*1-2/h3-5H,6-7,12H2,1-2H3,(H,13,14);1-2H3;2H,1H3. The molecule has 0 aromatic heterocycles. The minimum Gasteiger partial charge on any atom is -0.497 e. The molecule has 1 aromatic carbocycles. The average Bonchev–Trinajstić information content (AvgIpc) is 2.50. The van der Waals surface area contributed by atoms with Gasteiger partial charge in [0, 0.05) is 13.7 Å². The van der Waals surface area contributed by atoms with Crippen LogP contribution >= 0.6 is 0 Å².